The third kappa shape index (κ3) is 43.6. The van der Waals surface area contributed by atoms with E-state index in [1.54, 1.807) is 0 Å². The van der Waals surface area contributed by atoms with Gasteiger partial charge in [0.15, 0.2) is 0 Å². The summed E-state index contributed by atoms with van der Waals surface area (Å²) in [5.41, 5.74) is 0. The van der Waals surface area contributed by atoms with E-state index in [1.807, 2.05) is 0 Å². The van der Waals surface area contributed by atoms with Crippen molar-refractivity contribution in [3.63, 3.8) is 0 Å². The van der Waals surface area contributed by atoms with Gasteiger partial charge in [-0.2, -0.15) is 0 Å². The summed E-state index contributed by atoms with van der Waals surface area (Å²) < 4.78 is 0. The molecule has 0 aliphatic carbocycles. The number of rotatable bonds is 39. The molecular weight excluding hydrogens is 683 g/mol. The van der Waals surface area contributed by atoms with E-state index in [-0.39, 0.29) is 0 Å². The Morgan fingerprint density at radius 3 is 0.500 bits per heavy atom. The molecule has 0 nitrogen and oxygen atoms in total. The molecule has 0 aromatic rings. The van der Waals surface area contributed by atoms with Crippen LogP contribution >= 0.6 is 49.2 Å². The van der Waals surface area contributed by atoms with Crippen molar-refractivity contribution in [1.29, 1.82) is 0 Å². The molecule has 0 aromatic heterocycles. The predicted molar refractivity (Wildman–Crippen MR) is 213 cm³/mol. The van der Waals surface area contributed by atoms with Crippen molar-refractivity contribution >= 4 is 55.2 Å². The van der Waals surface area contributed by atoms with Gasteiger partial charge in [-0.15, -0.1) is 33.2 Å². The number of hydrogen-bond donors (Lipinski definition) is 0. The summed E-state index contributed by atoms with van der Waals surface area (Å²) in [7, 11) is 0. The maximum absolute atomic E-state index is 5.93. The largest absolute Gasteiger partial charge is 0.341 e. The van der Waals surface area contributed by atoms with E-state index in [2.05, 4.69) is 15.9 Å². The van der Waals surface area contributed by atoms with Crippen molar-refractivity contribution in [2.75, 3.05) is 5.33 Å². The van der Waals surface area contributed by atoms with Gasteiger partial charge in [-0.1, -0.05) is 247 Å². The second-order valence-electron chi connectivity index (χ2n) is 14.1. The van der Waals surface area contributed by atoms with Crippen LogP contribution in [0.1, 0.15) is 238 Å². The molecule has 266 valence electrons. The lowest BCUT2D eigenvalue weighted by atomic mass is 10.0. The Kier molecular flexibility index (Phi) is 40.4. The molecule has 0 aliphatic rings. The van der Waals surface area contributed by atoms with Gasteiger partial charge in [-0.05, 0) is 12.5 Å². The highest BCUT2D eigenvalue weighted by molar-refractivity contribution is 9.09. The van der Waals surface area contributed by atoms with E-state index in [0.717, 1.165) is 12.5 Å². The Morgan fingerprint density at radius 1 is 0.227 bits per heavy atom. The van der Waals surface area contributed by atoms with Crippen molar-refractivity contribution in [1.82, 2.24) is 0 Å². The van der Waals surface area contributed by atoms with Crippen molar-refractivity contribution in [2.24, 2.45) is 0 Å². The van der Waals surface area contributed by atoms with Crippen LogP contribution in [0.3, 0.4) is 0 Å². The van der Waals surface area contributed by atoms with Crippen LogP contribution in [0.25, 0.3) is 0 Å². The summed E-state index contributed by atoms with van der Waals surface area (Å²) in [6, 6.07) is -1.54. The first-order valence-electron chi connectivity index (χ1n) is 20.2. The van der Waals surface area contributed by atoms with Gasteiger partial charge in [0.05, 0.1) is 0 Å². The third-order valence-electron chi connectivity index (χ3n) is 9.59. The van der Waals surface area contributed by atoms with Gasteiger partial charge < -0.3 is 0 Å². The van der Waals surface area contributed by atoms with Gasteiger partial charge in [0.25, 0.3) is 0 Å². The maximum Gasteiger partial charge on any atom is 0.341 e. The standard InChI is InChI=1S/C39H78BrCl3Si/c40-38-36-34-32-30-28-26-24-22-20-18-16-14-12-10-8-6-4-2-1-3-5-7-9-11-13-15-17-19-21-23-25-27-29-31-33-35-37-39-44(41,42)43/h1-39H2. The van der Waals surface area contributed by atoms with Crippen LogP contribution in [0.5, 0.6) is 0 Å². The Balaban J connectivity index is 3.05. The molecule has 0 atom stereocenters. The topological polar surface area (TPSA) is 0 Å². The van der Waals surface area contributed by atoms with E-state index in [4.69, 9.17) is 33.2 Å². The van der Waals surface area contributed by atoms with Crippen LogP contribution in [0.15, 0.2) is 0 Å². The summed E-state index contributed by atoms with van der Waals surface area (Å²) in [6.45, 7) is 0. The van der Waals surface area contributed by atoms with Gasteiger partial charge in [0, 0.05) is 5.33 Å². The molecule has 0 aliphatic heterocycles. The highest BCUT2D eigenvalue weighted by Gasteiger charge is 2.23. The fourth-order valence-corrected chi connectivity index (χ4v) is 8.86. The molecule has 0 bridgehead atoms. The van der Waals surface area contributed by atoms with Gasteiger partial charge >= 0.3 is 6.00 Å². The molecule has 44 heavy (non-hydrogen) atoms. The minimum Gasteiger partial charge on any atom is -0.126 e. The lowest BCUT2D eigenvalue weighted by molar-refractivity contribution is 0.510. The number of hydrogen-bond acceptors (Lipinski definition) is 0. The molecule has 0 unspecified atom stereocenters. The first kappa shape index (κ1) is 45.6. The van der Waals surface area contributed by atoms with Crippen LogP contribution in [-0.4, -0.2) is 11.3 Å². The Labute approximate surface area is 302 Å². The Hall–Kier alpha value is 1.57. The zero-order valence-electron chi connectivity index (χ0n) is 29.6. The monoisotopic (exact) mass is 758 g/mol. The molecular formula is C39H78BrCl3Si. The second kappa shape index (κ2) is 39.0. The molecule has 0 spiro atoms. The highest BCUT2D eigenvalue weighted by Crippen LogP contribution is 2.27. The smallest absolute Gasteiger partial charge is 0.126 e. The number of halogens is 4. The molecule has 0 saturated carbocycles. The molecule has 5 heteroatoms. The zero-order valence-corrected chi connectivity index (χ0v) is 34.4. The first-order chi connectivity index (χ1) is 21.6. The quantitative estimate of drug-likeness (QED) is 0.0253. The van der Waals surface area contributed by atoms with Gasteiger partial charge in [-0.3, -0.25) is 0 Å². The van der Waals surface area contributed by atoms with Crippen LogP contribution in [-0.2, 0) is 0 Å². The van der Waals surface area contributed by atoms with Gasteiger partial charge in [0.2, 0.25) is 0 Å². The summed E-state index contributed by atoms with van der Waals surface area (Å²) in [4.78, 5) is 0. The van der Waals surface area contributed by atoms with Gasteiger partial charge in [-0.25, -0.2) is 0 Å². The van der Waals surface area contributed by atoms with Crippen LogP contribution < -0.4 is 0 Å². The zero-order chi connectivity index (χ0) is 32.1. The lowest BCUT2D eigenvalue weighted by Gasteiger charge is -2.07. The number of alkyl halides is 1. The van der Waals surface area contributed by atoms with Crippen molar-refractivity contribution in [3.8, 4) is 0 Å². The van der Waals surface area contributed by atoms with E-state index < -0.39 is 6.00 Å². The van der Waals surface area contributed by atoms with Crippen LogP contribution in [0, 0.1) is 0 Å². The molecule has 0 radical (unpaired) electrons. The first-order valence-corrected chi connectivity index (χ1v) is 26.6. The molecule has 0 N–H and O–H groups in total. The number of unbranched alkanes of at least 4 members (excludes halogenated alkanes) is 36. The Bertz CT molecular complexity index is 514. The summed E-state index contributed by atoms with van der Waals surface area (Å²) in [6.07, 6.45) is 53.3. The predicted octanol–water partition coefficient (Wildman–Crippen LogP) is 17.5. The fourth-order valence-electron chi connectivity index (χ4n) is 6.61. The second-order valence-corrected chi connectivity index (χ2v) is 24.2. The average molecular weight is 761 g/mol. The minimum atomic E-state index is -2.37. The third-order valence-corrected chi connectivity index (χ3v) is 12.8. The molecule has 0 rings (SSSR count). The van der Waals surface area contributed by atoms with Crippen molar-refractivity contribution in [2.45, 2.75) is 244 Å². The normalized spacial score (nSPS) is 12.0. The average Bonchev–Trinajstić information content (AvgIpc) is 3.00. The van der Waals surface area contributed by atoms with E-state index in [0.29, 0.717) is 0 Å². The van der Waals surface area contributed by atoms with Crippen LogP contribution in [0.2, 0.25) is 6.04 Å². The molecule has 0 amide bonds. The SMILES string of the molecule is Cl[Si](Cl)(Cl)CCCCCCCCCCCCCCCCCCCCCCCCCCCCCCCCCCCCCCCBr. The summed E-state index contributed by atoms with van der Waals surface area (Å²) >= 11 is 21.3. The molecule has 0 heterocycles. The van der Waals surface area contributed by atoms with Gasteiger partial charge in [0.1, 0.15) is 0 Å². The minimum absolute atomic E-state index is 0.830. The van der Waals surface area contributed by atoms with Crippen molar-refractivity contribution < 1.29 is 0 Å². The van der Waals surface area contributed by atoms with Crippen molar-refractivity contribution in [3.05, 3.63) is 0 Å². The van der Waals surface area contributed by atoms with E-state index in [9.17, 15) is 0 Å². The highest BCUT2D eigenvalue weighted by atomic mass is 79.9. The summed E-state index contributed by atoms with van der Waals surface area (Å²) in [5, 5.41) is 1.18. The van der Waals surface area contributed by atoms with Crippen LogP contribution in [0.4, 0.5) is 0 Å². The molecule has 0 aromatic carbocycles. The lowest BCUT2D eigenvalue weighted by Crippen LogP contribution is -2.07. The summed E-state index contributed by atoms with van der Waals surface area (Å²) in [5.74, 6) is 0. The molecule has 0 saturated heterocycles. The van der Waals surface area contributed by atoms with E-state index in [1.165, 1.54) is 236 Å². The Morgan fingerprint density at radius 2 is 0.364 bits per heavy atom. The maximum atomic E-state index is 5.93. The van der Waals surface area contributed by atoms with E-state index >= 15 is 0 Å². The molecule has 0 fully saturated rings. The fraction of sp³-hybridized carbons (Fsp3) is 1.00.